The van der Waals surface area contributed by atoms with Crippen molar-refractivity contribution in [1.29, 1.82) is 0 Å². The van der Waals surface area contributed by atoms with Gasteiger partial charge in [0.1, 0.15) is 48.8 Å². The predicted molar refractivity (Wildman–Crippen MR) is 323 cm³/mol. The minimum Gasteiger partial charge on any atom is -0.394 e. The zero-order chi connectivity index (χ0) is 58.1. The molecule has 12 atom stereocenters. The lowest BCUT2D eigenvalue weighted by atomic mass is 9.97. The number of rotatable bonds is 56. The van der Waals surface area contributed by atoms with E-state index in [2.05, 4.69) is 19.2 Å². The summed E-state index contributed by atoms with van der Waals surface area (Å²) in [6, 6.07) is -0.910. The summed E-state index contributed by atoms with van der Waals surface area (Å²) in [5.41, 5.74) is 0. The van der Waals surface area contributed by atoms with E-state index in [0.29, 0.717) is 6.42 Å². The van der Waals surface area contributed by atoms with Crippen molar-refractivity contribution in [3.05, 3.63) is 12.2 Å². The van der Waals surface area contributed by atoms with Crippen molar-refractivity contribution in [2.75, 3.05) is 19.8 Å². The van der Waals surface area contributed by atoms with E-state index in [-0.39, 0.29) is 18.9 Å². The molecule has 2 aliphatic rings. The summed E-state index contributed by atoms with van der Waals surface area (Å²) in [5.74, 6) is -0.232. The summed E-state index contributed by atoms with van der Waals surface area (Å²) in [6.07, 6.45) is 45.5. The number of carbonyl (C=O) groups excluding carboxylic acids is 1. The van der Waals surface area contributed by atoms with Crippen LogP contribution in [0.1, 0.15) is 309 Å². The van der Waals surface area contributed by atoms with Crippen LogP contribution in [0.25, 0.3) is 0 Å². The Morgan fingerprint density at radius 3 is 1.15 bits per heavy atom. The van der Waals surface area contributed by atoms with Gasteiger partial charge in [-0.25, -0.2) is 0 Å². The number of hydrogen-bond acceptors (Lipinski definition) is 13. The third-order valence-corrected chi connectivity index (χ3v) is 17.0. The van der Waals surface area contributed by atoms with Gasteiger partial charge in [0.05, 0.1) is 32.0 Å². The van der Waals surface area contributed by atoms with Crippen LogP contribution in [0.15, 0.2) is 12.2 Å². The predicted octanol–water partition coefficient (Wildman–Crippen LogP) is 13.0. The molecule has 0 radical (unpaired) electrons. The van der Waals surface area contributed by atoms with E-state index < -0.39 is 86.8 Å². The highest BCUT2D eigenvalue weighted by molar-refractivity contribution is 5.76. The first-order valence-electron chi connectivity index (χ1n) is 33.9. The normalized spacial score (nSPS) is 24.2. The fourth-order valence-corrected chi connectivity index (χ4v) is 11.5. The Morgan fingerprint density at radius 1 is 0.438 bits per heavy atom. The first-order chi connectivity index (χ1) is 39.1. The van der Waals surface area contributed by atoms with Crippen LogP contribution in [0.4, 0.5) is 0 Å². The highest BCUT2D eigenvalue weighted by atomic mass is 16.7. The number of nitrogens with one attached hydrogen (secondary N) is 1. The molecule has 14 heteroatoms. The number of aliphatic hydroxyl groups excluding tert-OH is 8. The third kappa shape index (κ3) is 36.5. The van der Waals surface area contributed by atoms with Gasteiger partial charge in [-0.05, 0) is 19.3 Å². The Kier molecular flexibility index (Phi) is 48.7. The van der Waals surface area contributed by atoms with Gasteiger partial charge in [-0.15, -0.1) is 0 Å². The lowest BCUT2D eigenvalue weighted by molar-refractivity contribution is -0.359. The Balaban J connectivity index is 1.69. The molecule has 0 aromatic carbocycles. The summed E-state index contributed by atoms with van der Waals surface area (Å²) in [7, 11) is 0. The fraction of sp³-hybridized carbons (Fsp3) is 0.955. The fourth-order valence-electron chi connectivity index (χ4n) is 11.5. The molecule has 0 spiro atoms. The second-order valence-corrected chi connectivity index (χ2v) is 24.3. The molecule has 80 heavy (non-hydrogen) atoms. The molecule has 2 rings (SSSR count). The van der Waals surface area contributed by atoms with Gasteiger partial charge in [-0.2, -0.15) is 0 Å². The number of allylic oxidation sites excluding steroid dienone is 1. The quantitative estimate of drug-likeness (QED) is 0.0204. The van der Waals surface area contributed by atoms with Crippen molar-refractivity contribution in [2.45, 2.75) is 383 Å². The molecule has 0 aromatic rings. The highest BCUT2D eigenvalue weighted by Gasteiger charge is 2.51. The van der Waals surface area contributed by atoms with Gasteiger partial charge in [0.2, 0.25) is 5.91 Å². The van der Waals surface area contributed by atoms with Crippen molar-refractivity contribution in [2.24, 2.45) is 0 Å². The number of hydrogen-bond donors (Lipinski definition) is 9. The number of unbranched alkanes of at least 4 members (excludes halogenated alkanes) is 43. The zero-order valence-corrected chi connectivity index (χ0v) is 51.4. The third-order valence-electron chi connectivity index (χ3n) is 17.0. The van der Waals surface area contributed by atoms with E-state index in [1.54, 1.807) is 6.08 Å². The smallest absolute Gasteiger partial charge is 0.220 e. The standard InChI is InChI=1S/C66H127NO13/c1-3-5-7-9-11-13-15-17-19-21-23-24-25-26-27-28-29-30-32-33-35-37-39-41-43-45-47-49-55(70)54(67-58(71)50-48-46-44-42-40-38-36-34-31-22-20-18-16-14-12-10-8-6-4-2)53-77-65-63(76)61(74)64(57(52-69)79-65)80-66-62(75)60(73)59(72)56(51-68)78-66/h47,49,54-57,59-66,68-70,72-76H,3-46,48,50-53H2,1-2H3,(H,67,71)/b49-47+. The molecule has 474 valence electrons. The monoisotopic (exact) mass is 1140 g/mol. The van der Waals surface area contributed by atoms with Gasteiger partial charge in [0, 0.05) is 6.42 Å². The molecule has 0 aromatic heterocycles. The number of ether oxygens (including phenoxy) is 4. The molecule has 0 aliphatic carbocycles. The molecule has 2 saturated heterocycles. The molecule has 9 N–H and O–H groups in total. The van der Waals surface area contributed by atoms with Gasteiger partial charge >= 0.3 is 0 Å². The van der Waals surface area contributed by atoms with E-state index >= 15 is 0 Å². The van der Waals surface area contributed by atoms with Crippen LogP contribution >= 0.6 is 0 Å². The van der Waals surface area contributed by atoms with Crippen LogP contribution in [0.5, 0.6) is 0 Å². The SMILES string of the molecule is CCCCCCCCCCCCCCCCCCCCCCCCCCC/C=C/C(O)C(COC1OC(CO)C(OC2OC(CO)C(O)C(O)C2O)C(O)C1O)NC(=O)CCCCCCCCCCCCCCCCCCCCC. The first kappa shape index (κ1) is 74.8. The van der Waals surface area contributed by atoms with Crippen LogP contribution in [-0.4, -0.2) is 140 Å². The molecular formula is C66H127NO13. The molecule has 2 aliphatic heterocycles. The van der Waals surface area contributed by atoms with E-state index in [0.717, 1.165) is 38.5 Å². The Bertz CT molecular complexity index is 1390. The van der Waals surface area contributed by atoms with Gasteiger partial charge < -0.3 is 65.1 Å². The van der Waals surface area contributed by atoms with Gasteiger partial charge in [0.25, 0.3) is 0 Å². The zero-order valence-electron chi connectivity index (χ0n) is 51.4. The maximum atomic E-state index is 13.3. The molecular weight excluding hydrogens is 1010 g/mol. The summed E-state index contributed by atoms with van der Waals surface area (Å²) < 4.78 is 22.8. The van der Waals surface area contributed by atoms with Crippen LogP contribution < -0.4 is 5.32 Å². The van der Waals surface area contributed by atoms with E-state index in [4.69, 9.17) is 18.9 Å². The van der Waals surface area contributed by atoms with E-state index in [9.17, 15) is 45.6 Å². The number of carbonyl (C=O) groups is 1. The first-order valence-corrected chi connectivity index (χ1v) is 33.9. The van der Waals surface area contributed by atoms with Crippen molar-refractivity contribution < 1.29 is 64.6 Å². The summed E-state index contributed by atoms with van der Waals surface area (Å²) >= 11 is 0. The lowest BCUT2D eigenvalue weighted by Gasteiger charge is -2.46. The minimum absolute atomic E-state index is 0.232. The van der Waals surface area contributed by atoms with Crippen LogP contribution in [0, 0.1) is 0 Å². The molecule has 1 amide bonds. The Labute approximate surface area is 488 Å². The maximum absolute atomic E-state index is 13.3. The molecule has 0 bridgehead atoms. The average Bonchev–Trinajstić information content (AvgIpc) is 3.46. The van der Waals surface area contributed by atoms with Crippen LogP contribution in [0.2, 0.25) is 0 Å². The van der Waals surface area contributed by atoms with Crippen molar-refractivity contribution in [3.63, 3.8) is 0 Å². The molecule has 2 fully saturated rings. The molecule has 0 saturated carbocycles. The molecule has 2 heterocycles. The topological polar surface area (TPSA) is 228 Å². The summed E-state index contributed by atoms with van der Waals surface area (Å²) in [4.78, 5) is 13.3. The molecule has 14 nitrogen and oxygen atoms in total. The average molecular weight is 1140 g/mol. The van der Waals surface area contributed by atoms with Crippen molar-refractivity contribution in [1.82, 2.24) is 5.32 Å². The van der Waals surface area contributed by atoms with Gasteiger partial charge in [-0.3, -0.25) is 4.79 Å². The van der Waals surface area contributed by atoms with Crippen molar-refractivity contribution >= 4 is 5.91 Å². The number of aliphatic hydroxyl groups is 8. The largest absolute Gasteiger partial charge is 0.394 e. The Morgan fingerprint density at radius 2 is 0.775 bits per heavy atom. The van der Waals surface area contributed by atoms with E-state index in [1.807, 2.05) is 6.08 Å². The van der Waals surface area contributed by atoms with Crippen LogP contribution in [-0.2, 0) is 23.7 Å². The van der Waals surface area contributed by atoms with Crippen molar-refractivity contribution in [3.8, 4) is 0 Å². The number of amides is 1. The van der Waals surface area contributed by atoms with Gasteiger partial charge in [0.15, 0.2) is 12.6 Å². The Hall–Kier alpha value is -1.27. The van der Waals surface area contributed by atoms with Gasteiger partial charge in [-0.1, -0.05) is 296 Å². The van der Waals surface area contributed by atoms with Crippen LogP contribution in [0.3, 0.4) is 0 Å². The lowest BCUT2D eigenvalue weighted by Crippen LogP contribution is -2.65. The minimum atomic E-state index is -1.79. The summed E-state index contributed by atoms with van der Waals surface area (Å²) in [5, 5.41) is 87.3. The second kappa shape index (κ2) is 52.1. The summed E-state index contributed by atoms with van der Waals surface area (Å²) in [6.45, 7) is 2.85. The second-order valence-electron chi connectivity index (χ2n) is 24.3. The maximum Gasteiger partial charge on any atom is 0.220 e. The highest BCUT2D eigenvalue weighted by Crippen LogP contribution is 2.30. The molecule has 12 unspecified atom stereocenters. The van der Waals surface area contributed by atoms with E-state index in [1.165, 1.54) is 244 Å².